The lowest BCUT2D eigenvalue weighted by molar-refractivity contribution is -0.0165. The summed E-state index contributed by atoms with van der Waals surface area (Å²) in [5.74, 6) is 0.874. The summed E-state index contributed by atoms with van der Waals surface area (Å²) in [5.41, 5.74) is 2.09. The average molecular weight is 249 g/mol. The predicted octanol–water partition coefficient (Wildman–Crippen LogP) is 2.17. The molecule has 1 saturated carbocycles. The molecule has 1 aromatic rings. The van der Waals surface area contributed by atoms with Crippen LogP contribution in [0.15, 0.2) is 6.20 Å². The predicted molar refractivity (Wildman–Crippen MR) is 71.3 cm³/mol. The Morgan fingerprint density at radius 3 is 2.67 bits per heavy atom. The zero-order valence-electron chi connectivity index (χ0n) is 11.6. The molecule has 1 aliphatic rings. The zero-order valence-corrected chi connectivity index (χ0v) is 11.6. The fourth-order valence-electron chi connectivity index (χ4n) is 2.77. The Morgan fingerprint density at radius 1 is 1.39 bits per heavy atom. The third-order valence-corrected chi connectivity index (χ3v) is 3.87. The second-order valence-electron chi connectivity index (χ2n) is 4.95. The highest BCUT2D eigenvalue weighted by atomic mass is 16.5. The number of nitrogens with one attached hydrogen (secondary N) is 1. The van der Waals surface area contributed by atoms with Gasteiger partial charge in [-0.2, -0.15) is 0 Å². The van der Waals surface area contributed by atoms with Crippen LogP contribution in [0.25, 0.3) is 0 Å². The topological polar surface area (TPSA) is 47.0 Å². The highest BCUT2D eigenvalue weighted by Crippen LogP contribution is 2.39. The first-order valence-corrected chi connectivity index (χ1v) is 6.80. The van der Waals surface area contributed by atoms with Gasteiger partial charge in [0.25, 0.3) is 0 Å². The van der Waals surface area contributed by atoms with Gasteiger partial charge >= 0.3 is 0 Å². The Balaban J connectivity index is 2.34. The van der Waals surface area contributed by atoms with E-state index in [1.807, 2.05) is 13.2 Å². The van der Waals surface area contributed by atoms with Gasteiger partial charge in [0.2, 0.25) is 0 Å². The summed E-state index contributed by atoms with van der Waals surface area (Å²) in [4.78, 5) is 9.31. The van der Waals surface area contributed by atoms with E-state index in [4.69, 9.17) is 9.72 Å². The smallest absolute Gasteiger partial charge is 0.160 e. The molecule has 0 radical (unpaired) electrons. The molecule has 1 N–H and O–H groups in total. The van der Waals surface area contributed by atoms with E-state index in [9.17, 15) is 0 Å². The van der Waals surface area contributed by atoms with Crippen LogP contribution in [0.5, 0.6) is 0 Å². The normalized spacial score (nSPS) is 18.2. The van der Waals surface area contributed by atoms with Gasteiger partial charge in [-0.25, -0.2) is 9.97 Å². The minimum Gasteiger partial charge on any atom is -0.370 e. The summed E-state index contributed by atoms with van der Waals surface area (Å²) in [6.45, 7) is 2.96. The Kier molecular flexibility index (Phi) is 4.30. The van der Waals surface area contributed by atoms with Crippen molar-refractivity contribution < 1.29 is 4.74 Å². The number of aryl methyl sites for hydroxylation is 1. The molecule has 2 rings (SSSR count). The molecule has 0 spiro atoms. The number of rotatable bonds is 5. The van der Waals surface area contributed by atoms with Crippen LogP contribution in [0.4, 0.5) is 0 Å². The van der Waals surface area contributed by atoms with E-state index in [-0.39, 0.29) is 5.60 Å². The zero-order chi connectivity index (χ0) is 13.0. The molecule has 1 aliphatic carbocycles. The van der Waals surface area contributed by atoms with Gasteiger partial charge in [-0.1, -0.05) is 6.92 Å². The second-order valence-corrected chi connectivity index (χ2v) is 4.95. The van der Waals surface area contributed by atoms with Crippen LogP contribution >= 0.6 is 0 Å². The van der Waals surface area contributed by atoms with Gasteiger partial charge in [0, 0.05) is 31.1 Å². The number of aromatic nitrogens is 2. The number of ether oxygens (including phenoxy) is 1. The third-order valence-electron chi connectivity index (χ3n) is 3.87. The van der Waals surface area contributed by atoms with Gasteiger partial charge in [-0.15, -0.1) is 0 Å². The Bertz CT molecular complexity index is 400. The van der Waals surface area contributed by atoms with E-state index in [1.165, 1.54) is 18.4 Å². The van der Waals surface area contributed by atoms with Crippen molar-refractivity contribution in [1.82, 2.24) is 15.3 Å². The first-order valence-electron chi connectivity index (χ1n) is 6.80. The molecule has 1 aromatic heterocycles. The number of methoxy groups -OCH3 is 1. The summed E-state index contributed by atoms with van der Waals surface area (Å²) in [5, 5.41) is 3.16. The van der Waals surface area contributed by atoms with E-state index < -0.39 is 0 Å². The third kappa shape index (κ3) is 2.40. The van der Waals surface area contributed by atoms with Crippen molar-refractivity contribution in [2.45, 2.75) is 51.2 Å². The van der Waals surface area contributed by atoms with Gasteiger partial charge in [0.1, 0.15) is 5.60 Å². The van der Waals surface area contributed by atoms with E-state index in [0.717, 1.165) is 37.3 Å². The van der Waals surface area contributed by atoms with Crippen LogP contribution in [0.1, 0.15) is 49.7 Å². The molecule has 0 unspecified atom stereocenters. The number of hydrogen-bond acceptors (Lipinski definition) is 4. The van der Waals surface area contributed by atoms with E-state index >= 15 is 0 Å². The lowest BCUT2D eigenvalue weighted by Crippen LogP contribution is -2.28. The standard InChI is InChI=1S/C14H23N3O/c1-4-12-11(9-15-2)10-16-13(17-12)14(18-3)7-5-6-8-14/h10,15H,4-9H2,1-3H3. The first kappa shape index (κ1) is 13.4. The first-order chi connectivity index (χ1) is 8.75. The van der Waals surface area contributed by atoms with Crippen LogP contribution in [0.3, 0.4) is 0 Å². The van der Waals surface area contributed by atoms with E-state index in [2.05, 4.69) is 17.2 Å². The molecule has 100 valence electrons. The molecular weight excluding hydrogens is 226 g/mol. The van der Waals surface area contributed by atoms with Crippen molar-refractivity contribution in [3.05, 3.63) is 23.3 Å². The molecular formula is C14H23N3O. The fourth-order valence-corrected chi connectivity index (χ4v) is 2.77. The highest BCUT2D eigenvalue weighted by Gasteiger charge is 2.38. The van der Waals surface area contributed by atoms with Gasteiger partial charge in [-0.05, 0) is 39.2 Å². The van der Waals surface area contributed by atoms with Crippen molar-refractivity contribution in [2.24, 2.45) is 0 Å². The van der Waals surface area contributed by atoms with Crippen molar-refractivity contribution >= 4 is 0 Å². The van der Waals surface area contributed by atoms with Gasteiger partial charge < -0.3 is 10.1 Å². The van der Waals surface area contributed by atoms with Crippen LogP contribution in [-0.2, 0) is 23.3 Å². The monoisotopic (exact) mass is 249 g/mol. The number of hydrogen-bond donors (Lipinski definition) is 1. The molecule has 1 heterocycles. The molecule has 0 aliphatic heterocycles. The van der Waals surface area contributed by atoms with Crippen LogP contribution in [0, 0.1) is 0 Å². The van der Waals surface area contributed by atoms with Gasteiger partial charge in [-0.3, -0.25) is 0 Å². The maximum absolute atomic E-state index is 5.74. The molecule has 0 aromatic carbocycles. The van der Waals surface area contributed by atoms with E-state index in [0.29, 0.717) is 0 Å². The molecule has 0 bridgehead atoms. The van der Waals surface area contributed by atoms with Crippen molar-refractivity contribution in [1.29, 1.82) is 0 Å². The molecule has 4 heteroatoms. The van der Waals surface area contributed by atoms with Crippen molar-refractivity contribution in [2.75, 3.05) is 14.2 Å². The van der Waals surface area contributed by atoms with Crippen molar-refractivity contribution in [3.8, 4) is 0 Å². The summed E-state index contributed by atoms with van der Waals surface area (Å²) in [7, 11) is 3.72. The van der Waals surface area contributed by atoms with Crippen LogP contribution in [0.2, 0.25) is 0 Å². The second kappa shape index (κ2) is 5.76. The van der Waals surface area contributed by atoms with Crippen LogP contribution < -0.4 is 5.32 Å². The Labute approximate surface area is 109 Å². The lowest BCUT2D eigenvalue weighted by atomic mass is 10.0. The van der Waals surface area contributed by atoms with Crippen LogP contribution in [-0.4, -0.2) is 24.1 Å². The molecule has 18 heavy (non-hydrogen) atoms. The quantitative estimate of drug-likeness (QED) is 0.869. The molecule has 1 fully saturated rings. The molecule has 0 amide bonds. The highest BCUT2D eigenvalue weighted by molar-refractivity contribution is 5.20. The minimum absolute atomic E-state index is 0.234. The average Bonchev–Trinajstić information content (AvgIpc) is 2.89. The SMILES string of the molecule is CCc1nc(C2(OC)CCCC2)ncc1CNC. The Hall–Kier alpha value is -1.00. The maximum atomic E-state index is 5.74. The molecule has 0 saturated heterocycles. The summed E-state index contributed by atoms with van der Waals surface area (Å²) in [6.07, 6.45) is 7.38. The van der Waals surface area contributed by atoms with Gasteiger partial charge in [0.05, 0.1) is 0 Å². The summed E-state index contributed by atoms with van der Waals surface area (Å²) >= 11 is 0. The van der Waals surface area contributed by atoms with E-state index in [1.54, 1.807) is 7.11 Å². The Morgan fingerprint density at radius 2 is 2.11 bits per heavy atom. The largest absolute Gasteiger partial charge is 0.370 e. The molecule has 0 atom stereocenters. The molecule has 4 nitrogen and oxygen atoms in total. The summed E-state index contributed by atoms with van der Waals surface area (Å²) in [6, 6.07) is 0. The summed E-state index contributed by atoms with van der Waals surface area (Å²) < 4.78 is 5.74. The fraction of sp³-hybridized carbons (Fsp3) is 0.714. The number of nitrogens with zero attached hydrogens (tertiary/aromatic N) is 2. The minimum atomic E-state index is -0.234. The maximum Gasteiger partial charge on any atom is 0.160 e. The van der Waals surface area contributed by atoms with Gasteiger partial charge in [0.15, 0.2) is 5.82 Å². The van der Waals surface area contributed by atoms with Crippen molar-refractivity contribution in [3.63, 3.8) is 0 Å². The lowest BCUT2D eigenvalue weighted by Gasteiger charge is -2.26.